The topological polar surface area (TPSA) is 357 Å². The van der Waals surface area contributed by atoms with Crippen LogP contribution in [0.2, 0.25) is 15.9 Å². The van der Waals surface area contributed by atoms with Crippen LogP contribution in [0, 0.1) is 0 Å². The number of aromatic nitrogens is 12. The van der Waals surface area contributed by atoms with Crippen molar-refractivity contribution in [2.24, 2.45) is 22.9 Å². The minimum atomic E-state index is -0.500. The second-order valence-corrected chi connectivity index (χ2v) is 16.1. The highest BCUT2D eigenvalue weighted by Gasteiger charge is 2.15. The van der Waals surface area contributed by atoms with Crippen molar-refractivity contribution in [3.05, 3.63) is 15.9 Å². The second kappa shape index (κ2) is 39.6. The van der Waals surface area contributed by atoms with E-state index in [-0.39, 0.29) is 15.9 Å². The smallest absolute Gasteiger partial charge is 0.407 e. The summed E-state index contributed by atoms with van der Waals surface area (Å²) in [6.45, 7) is 17.0. The molecule has 65 heavy (non-hydrogen) atoms. The van der Waals surface area contributed by atoms with Crippen molar-refractivity contribution in [1.82, 2.24) is 65.1 Å². The van der Waals surface area contributed by atoms with E-state index in [9.17, 15) is 4.79 Å². The van der Waals surface area contributed by atoms with E-state index in [0.717, 1.165) is 19.6 Å². The highest BCUT2D eigenvalue weighted by atomic mass is 35.5. The number of amides is 1. The number of nitrogens with one attached hydrogen (secondary N) is 6. The first-order valence-electron chi connectivity index (χ1n) is 19.5. The van der Waals surface area contributed by atoms with Gasteiger partial charge in [0.15, 0.2) is 20.6 Å². The number of ether oxygens (including phenoxy) is 1. The van der Waals surface area contributed by atoms with E-state index >= 15 is 0 Å². The molecule has 0 saturated heterocycles. The molecule has 4 aromatic heterocycles. The molecule has 0 spiro atoms. The zero-order valence-electron chi connectivity index (χ0n) is 38.6. The number of carbonyl (C=O) groups is 1. The van der Waals surface area contributed by atoms with Crippen molar-refractivity contribution < 1.29 is 9.53 Å². The van der Waals surface area contributed by atoms with E-state index in [2.05, 4.69) is 97.4 Å². The van der Waals surface area contributed by atoms with Crippen LogP contribution in [0.5, 0.6) is 0 Å². The van der Waals surface area contributed by atoms with E-state index in [4.69, 9.17) is 56.7 Å². The Morgan fingerprint density at radius 2 is 0.815 bits per heavy atom. The number of alkyl carbamates (subject to hydrolysis) is 1. The van der Waals surface area contributed by atoms with Crippen molar-refractivity contribution in [2.75, 3.05) is 118 Å². The molecule has 0 fully saturated rings. The third kappa shape index (κ3) is 33.5. The number of nitrogens with zero attached hydrogens (tertiary/aromatic N) is 12. The van der Waals surface area contributed by atoms with Crippen molar-refractivity contribution in [3.8, 4) is 0 Å². The summed E-state index contributed by atoms with van der Waals surface area (Å²) in [5.74, 6) is 2.69. The summed E-state index contributed by atoms with van der Waals surface area (Å²) in [5.41, 5.74) is 19.2. The highest BCUT2D eigenvalue weighted by molar-refractivity contribution is 7.99. The number of carbonyl (C=O) groups excluding carboxylic acids is 1. The maximum atomic E-state index is 11.5. The number of nitrogens with two attached hydrogens (primary N) is 4. The summed E-state index contributed by atoms with van der Waals surface area (Å²) in [5, 5.41) is 20.8. The second-order valence-electron chi connectivity index (χ2n) is 12.0. The van der Waals surface area contributed by atoms with Crippen LogP contribution in [0.1, 0.15) is 41.5 Å². The normalized spacial score (nSPS) is 9.94. The number of anilines is 5. The number of hydrogen-bond donors (Lipinski definition) is 10. The van der Waals surface area contributed by atoms with Gasteiger partial charge in [-0.1, -0.05) is 47.0 Å². The summed E-state index contributed by atoms with van der Waals surface area (Å²) in [6.07, 6.45) is 7.11. The minimum absolute atomic E-state index is 0.129. The van der Waals surface area contributed by atoms with Crippen LogP contribution in [-0.2, 0) is 4.74 Å². The molecule has 4 rings (SSSR count). The zero-order valence-corrected chi connectivity index (χ0v) is 44.2. The van der Waals surface area contributed by atoms with Crippen molar-refractivity contribution >= 4 is 118 Å². The Morgan fingerprint density at radius 3 is 1.15 bits per heavy atom. The summed E-state index contributed by atoms with van der Waals surface area (Å²) in [7, 11) is 1.50. The quantitative estimate of drug-likeness (QED) is 0.0487. The molecule has 0 aliphatic rings. The Balaban J connectivity index is 0. The van der Waals surface area contributed by atoms with Gasteiger partial charge in [-0.2, -0.15) is 59.8 Å². The first-order chi connectivity index (χ1) is 31.0. The van der Waals surface area contributed by atoms with E-state index in [1.54, 1.807) is 0 Å². The molecule has 14 N–H and O–H groups in total. The average Bonchev–Trinajstić information content (AvgIpc) is 3.27. The lowest BCUT2D eigenvalue weighted by molar-refractivity contribution is 0.0530. The summed E-state index contributed by atoms with van der Waals surface area (Å²) < 4.78 is 5.15. The van der Waals surface area contributed by atoms with Crippen LogP contribution >= 0.6 is 81.9 Å². The van der Waals surface area contributed by atoms with E-state index < -0.39 is 11.7 Å². The van der Waals surface area contributed by atoms with Gasteiger partial charge in [-0.05, 0) is 108 Å². The Hall–Kier alpha value is -3.58. The van der Waals surface area contributed by atoms with Crippen LogP contribution < -0.4 is 54.8 Å². The highest BCUT2D eigenvalue weighted by Crippen LogP contribution is 2.16. The molecule has 0 aliphatic carbocycles. The number of hydrogen-bond acceptors (Lipinski definition) is 27. The molecule has 4 aromatic rings. The number of halogens is 3. The molecule has 4 heterocycles. The fourth-order valence-corrected chi connectivity index (χ4v) is 5.52. The Kier molecular flexibility index (Phi) is 38.7. The predicted molar refractivity (Wildman–Crippen MR) is 272 cm³/mol. The summed E-state index contributed by atoms with van der Waals surface area (Å²) >= 11 is 22.3. The van der Waals surface area contributed by atoms with Crippen LogP contribution in [0.15, 0.2) is 20.6 Å². The minimum Gasteiger partial charge on any atom is -0.444 e. The molecule has 0 saturated carbocycles. The van der Waals surface area contributed by atoms with Gasteiger partial charge in [0.25, 0.3) is 0 Å². The van der Waals surface area contributed by atoms with Gasteiger partial charge < -0.3 is 59.6 Å². The largest absolute Gasteiger partial charge is 0.444 e. The van der Waals surface area contributed by atoms with Gasteiger partial charge in [0, 0.05) is 58.9 Å². The standard InChI is InChI=1S/C13H24N6O2S.C8H16N6S.C6H9ClN4S.C4H3Cl2N3S.C2H8N2.CH5N/c1-6-14-9-17-10(19-11(18-9)22-5)15-7-8-16-12(20)21-13(2,3)4;1-3-10-6-12-7(11-5-4-9)14-8(13-6)15-2;1-3-8-5-9-4(7)10-6(11-5)12-2;1-10-4-8-2(5)7-3(6)9-4;3-1-2-4;1-2/h6-8H2,1-5H3,(H,16,20)(H2,14,15,17,18,19);3-5,9H2,1-2H3,(H2,10,11,12,13,14);3H2,1-2H3,(H,8,9,10,11);1H3;1-4H2;2H2,1H3. The van der Waals surface area contributed by atoms with E-state index in [0.29, 0.717) is 89.6 Å². The molecule has 24 nitrogen and oxygen atoms in total. The van der Waals surface area contributed by atoms with Crippen LogP contribution in [0.3, 0.4) is 0 Å². The zero-order chi connectivity index (χ0) is 49.6. The summed E-state index contributed by atoms with van der Waals surface area (Å²) in [4.78, 5) is 59.8. The molecule has 0 atom stereocenters. The first-order valence-corrected chi connectivity index (χ1v) is 25.6. The molecule has 1 amide bonds. The SMILES string of the molecule is CCNc1nc(Cl)nc(SC)n1.CCNc1nc(NCCN)nc(SC)n1.CCNc1nc(NCCNC(=O)OC(C)(C)C)nc(SC)n1.CN.CSc1nc(Cl)nc(Cl)n1.NCCN. The van der Waals surface area contributed by atoms with Crippen molar-refractivity contribution in [2.45, 2.75) is 67.8 Å². The Labute approximate surface area is 414 Å². The van der Waals surface area contributed by atoms with E-state index in [1.807, 2.05) is 66.6 Å². The maximum absolute atomic E-state index is 11.5. The van der Waals surface area contributed by atoms with Crippen molar-refractivity contribution in [1.29, 1.82) is 0 Å². The van der Waals surface area contributed by atoms with Crippen molar-refractivity contribution in [3.63, 3.8) is 0 Å². The van der Waals surface area contributed by atoms with Gasteiger partial charge in [-0.15, -0.1) is 0 Å². The molecule has 0 aliphatic heterocycles. The molecule has 0 unspecified atom stereocenters. The maximum Gasteiger partial charge on any atom is 0.407 e. The number of thioether (sulfide) groups is 4. The number of rotatable bonds is 18. The Bertz CT molecular complexity index is 1840. The van der Waals surface area contributed by atoms with Crippen LogP contribution in [0.4, 0.5) is 34.5 Å². The predicted octanol–water partition coefficient (Wildman–Crippen LogP) is 4.42. The van der Waals surface area contributed by atoms with Gasteiger partial charge in [-0.25, -0.2) is 4.79 Å². The average molecular weight is 1050 g/mol. The van der Waals surface area contributed by atoms with Gasteiger partial charge >= 0.3 is 6.09 Å². The molecular weight excluding hydrogens is 983 g/mol. The summed E-state index contributed by atoms with van der Waals surface area (Å²) in [6, 6.07) is 0. The van der Waals surface area contributed by atoms with Crippen LogP contribution in [0.25, 0.3) is 0 Å². The van der Waals surface area contributed by atoms with Crippen LogP contribution in [-0.4, -0.2) is 162 Å². The van der Waals surface area contributed by atoms with E-state index in [1.165, 1.54) is 54.1 Å². The lowest BCUT2D eigenvalue weighted by atomic mass is 10.2. The Morgan fingerprint density at radius 1 is 0.492 bits per heavy atom. The van der Waals surface area contributed by atoms with Gasteiger partial charge in [-0.3, -0.25) is 0 Å². The fourth-order valence-electron chi connectivity index (χ4n) is 3.43. The molecule has 31 heteroatoms. The molecular formula is C34H65Cl3N22O2S4. The van der Waals surface area contributed by atoms with Gasteiger partial charge in [0.05, 0.1) is 0 Å². The van der Waals surface area contributed by atoms with Gasteiger partial charge in [0.2, 0.25) is 45.6 Å². The van der Waals surface area contributed by atoms with Gasteiger partial charge in [0.1, 0.15) is 5.60 Å². The lowest BCUT2D eigenvalue weighted by Crippen LogP contribution is -2.35. The molecule has 0 aromatic carbocycles. The fraction of sp³-hybridized carbons (Fsp3) is 0.618. The molecule has 0 radical (unpaired) electrons. The third-order valence-electron chi connectivity index (χ3n) is 5.78. The first kappa shape index (κ1) is 63.5. The third-order valence-corrected chi connectivity index (χ3v) is 8.48. The molecule has 0 bridgehead atoms. The molecule has 368 valence electrons. The monoisotopic (exact) mass is 1050 g/mol. The lowest BCUT2D eigenvalue weighted by Gasteiger charge is -2.19.